The molecule has 1 saturated heterocycles. The van der Waals surface area contributed by atoms with Crippen LogP contribution in [0.5, 0.6) is 11.5 Å². The quantitative estimate of drug-likeness (QED) is 0.578. The van der Waals surface area contributed by atoms with Crippen LogP contribution in [0.2, 0.25) is 0 Å². The second-order valence-electron chi connectivity index (χ2n) is 8.60. The lowest BCUT2D eigenvalue weighted by molar-refractivity contribution is 0.0651. The Morgan fingerprint density at radius 1 is 1.06 bits per heavy atom. The van der Waals surface area contributed by atoms with Crippen molar-refractivity contribution >= 4 is 21.6 Å². The number of nitrogens with one attached hydrogen (secondary N) is 1. The summed E-state index contributed by atoms with van der Waals surface area (Å²) >= 11 is 0. The zero-order valence-corrected chi connectivity index (χ0v) is 19.8. The van der Waals surface area contributed by atoms with E-state index in [0.29, 0.717) is 29.5 Å². The lowest BCUT2D eigenvalue weighted by Crippen LogP contribution is -2.42. The van der Waals surface area contributed by atoms with Gasteiger partial charge in [0.1, 0.15) is 23.3 Å². The Bertz CT molecular complexity index is 1370. The molecule has 1 aromatic heterocycles. The molecular formula is C25H25N3O5S. The van der Waals surface area contributed by atoms with Gasteiger partial charge in [-0.3, -0.25) is 4.79 Å². The highest BCUT2D eigenvalue weighted by Crippen LogP contribution is 2.31. The molecule has 176 valence electrons. The minimum Gasteiger partial charge on any atom is -0.471 e. The number of sulfone groups is 1. The van der Waals surface area contributed by atoms with E-state index in [4.69, 9.17) is 9.47 Å². The summed E-state index contributed by atoms with van der Waals surface area (Å²) in [5.41, 5.74) is 2.89. The number of hydrogen-bond acceptors (Lipinski definition) is 6. The van der Waals surface area contributed by atoms with Gasteiger partial charge in [0.2, 0.25) is 5.90 Å². The van der Waals surface area contributed by atoms with Crippen LogP contribution in [0.25, 0.3) is 11.3 Å². The van der Waals surface area contributed by atoms with E-state index in [1.165, 1.54) is 12.1 Å². The smallest absolute Gasteiger partial charge is 0.254 e. The normalized spacial score (nSPS) is 17.6. The largest absolute Gasteiger partial charge is 0.471 e. The van der Waals surface area contributed by atoms with Crippen LogP contribution < -0.4 is 4.74 Å². The molecule has 1 atom stereocenters. The van der Waals surface area contributed by atoms with Crippen molar-refractivity contribution in [2.24, 2.45) is 4.99 Å². The maximum Gasteiger partial charge on any atom is 0.254 e. The third-order valence-corrected chi connectivity index (χ3v) is 6.95. The van der Waals surface area contributed by atoms with Gasteiger partial charge in [0.05, 0.1) is 11.4 Å². The molecular weight excluding hydrogens is 454 g/mol. The number of carbonyl (C=O) groups is 1. The van der Waals surface area contributed by atoms with Crippen molar-refractivity contribution in [1.29, 1.82) is 0 Å². The van der Waals surface area contributed by atoms with Crippen molar-refractivity contribution in [3.63, 3.8) is 0 Å². The highest BCUT2D eigenvalue weighted by Gasteiger charge is 2.23. The lowest BCUT2D eigenvalue weighted by Gasteiger charge is -2.31. The Kier molecular flexibility index (Phi) is 5.65. The number of ether oxygens (including phenoxy) is 2. The summed E-state index contributed by atoms with van der Waals surface area (Å²) in [6.45, 7) is 4.08. The van der Waals surface area contributed by atoms with Crippen LogP contribution >= 0.6 is 0 Å². The maximum atomic E-state index is 13.0. The van der Waals surface area contributed by atoms with Crippen molar-refractivity contribution in [2.45, 2.75) is 24.3 Å². The Labute approximate surface area is 198 Å². The van der Waals surface area contributed by atoms with Gasteiger partial charge in [-0.2, -0.15) is 0 Å². The standard InChI is InChI=1S/C25H25N3O5S/c1-16-15-26-24(32-16)23-9-8-22(27-23)17-12-18(25(29)28-10-3-11-28)14-20(13-17)33-19-4-6-21(7-5-19)34(2,30)31/h4-9,12-14,16,27H,3,10-11,15H2,1-2H3/t16-/m0/s1. The molecule has 8 nitrogen and oxygen atoms in total. The number of likely N-dealkylation sites (tertiary alicyclic amines) is 1. The van der Waals surface area contributed by atoms with Crippen LogP contribution in [0.3, 0.4) is 0 Å². The molecule has 34 heavy (non-hydrogen) atoms. The van der Waals surface area contributed by atoms with Crippen LogP contribution in [-0.2, 0) is 14.6 Å². The van der Waals surface area contributed by atoms with E-state index in [1.54, 1.807) is 23.1 Å². The lowest BCUT2D eigenvalue weighted by atomic mass is 10.0. The topological polar surface area (TPSA) is 101 Å². The molecule has 1 amide bonds. The first-order chi connectivity index (χ1) is 16.3. The molecule has 9 heteroatoms. The second-order valence-corrected chi connectivity index (χ2v) is 10.6. The van der Waals surface area contributed by atoms with Gasteiger partial charge < -0.3 is 19.4 Å². The number of carbonyl (C=O) groups excluding carboxylic acids is 1. The first-order valence-electron chi connectivity index (χ1n) is 11.1. The van der Waals surface area contributed by atoms with Gasteiger partial charge in [0, 0.05) is 36.2 Å². The Hall–Kier alpha value is -3.59. The molecule has 0 unspecified atom stereocenters. The fourth-order valence-electron chi connectivity index (χ4n) is 3.84. The average molecular weight is 480 g/mol. The predicted octanol–water partition coefficient (Wildman–Crippen LogP) is 3.89. The van der Waals surface area contributed by atoms with Crippen molar-refractivity contribution in [3.05, 3.63) is 65.9 Å². The molecule has 3 aromatic rings. The number of aliphatic imine (C=N–C) groups is 1. The van der Waals surface area contributed by atoms with Gasteiger partial charge >= 0.3 is 0 Å². The van der Waals surface area contributed by atoms with E-state index in [9.17, 15) is 13.2 Å². The van der Waals surface area contributed by atoms with E-state index >= 15 is 0 Å². The molecule has 0 radical (unpaired) electrons. The number of rotatable bonds is 6. The first-order valence-corrected chi connectivity index (χ1v) is 13.0. The average Bonchev–Trinajstić information content (AvgIpc) is 3.41. The van der Waals surface area contributed by atoms with E-state index in [0.717, 1.165) is 42.7 Å². The molecule has 1 fully saturated rings. The minimum absolute atomic E-state index is 0.0468. The maximum absolute atomic E-state index is 13.0. The third-order valence-electron chi connectivity index (χ3n) is 5.82. The van der Waals surface area contributed by atoms with Crippen LogP contribution in [0, 0.1) is 0 Å². The fourth-order valence-corrected chi connectivity index (χ4v) is 4.47. The Balaban J connectivity index is 1.47. The summed E-state index contributed by atoms with van der Waals surface area (Å²) in [6, 6.07) is 15.4. The SMILES string of the molecule is C[C@H]1CN=C(c2ccc(-c3cc(Oc4ccc(S(C)(=O)=O)cc4)cc(C(=O)N4CCC4)c3)[nH]2)O1. The molecule has 0 aliphatic carbocycles. The van der Waals surface area contributed by atoms with Crippen molar-refractivity contribution < 1.29 is 22.7 Å². The fraction of sp³-hybridized carbons (Fsp3) is 0.280. The molecule has 2 aromatic carbocycles. The number of hydrogen-bond donors (Lipinski definition) is 1. The Morgan fingerprint density at radius 2 is 1.79 bits per heavy atom. The van der Waals surface area contributed by atoms with Crippen LogP contribution in [0.15, 0.2) is 64.5 Å². The van der Waals surface area contributed by atoms with Crippen molar-refractivity contribution in [3.8, 4) is 22.8 Å². The van der Waals surface area contributed by atoms with Crippen LogP contribution in [-0.4, -0.2) is 62.1 Å². The molecule has 1 N–H and O–H groups in total. The van der Waals surface area contributed by atoms with Gasteiger partial charge in [-0.15, -0.1) is 0 Å². The molecule has 2 aliphatic rings. The molecule has 0 saturated carbocycles. The first kappa shape index (κ1) is 22.2. The summed E-state index contributed by atoms with van der Waals surface area (Å²) in [5.74, 6) is 1.48. The molecule has 0 spiro atoms. The molecule has 2 aliphatic heterocycles. The summed E-state index contributed by atoms with van der Waals surface area (Å²) in [6.07, 6.45) is 2.21. The third kappa shape index (κ3) is 4.56. The van der Waals surface area contributed by atoms with E-state index in [-0.39, 0.29) is 16.9 Å². The number of H-pyrrole nitrogens is 1. The number of aromatic nitrogens is 1. The van der Waals surface area contributed by atoms with Gasteiger partial charge in [0.25, 0.3) is 5.91 Å². The minimum atomic E-state index is -3.30. The number of aromatic amines is 1. The van der Waals surface area contributed by atoms with Crippen LogP contribution in [0.1, 0.15) is 29.4 Å². The zero-order chi connectivity index (χ0) is 23.9. The van der Waals surface area contributed by atoms with E-state index in [2.05, 4.69) is 9.98 Å². The second kappa shape index (κ2) is 8.64. The molecule has 5 rings (SSSR count). The number of benzene rings is 2. The number of amides is 1. The molecule has 0 bridgehead atoms. The van der Waals surface area contributed by atoms with Gasteiger partial charge in [-0.1, -0.05) is 0 Å². The van der Waals surface area contributed by atoms with Crippen molar-refractivity contribution in [2.75, 3.05) is 25.9 Å². The Morgan fingerprint density at radius 3 is 2.41 bits per heavy atom. The van der Waals surface area contributed by atoms with Crippen molar-refractivity contribution in [1.82, 2.24) is 9.88 Å². The van der Waals surface area contributed by atoms with Crippen LogP contribution in [0.4, 0.5) is 0 Å². The summed E-state index contributed by atoms with van der Waals surface area (Å²) < 4.78 is 35.2. The summed E-state index contributed by atoms with van der Waals surface area (Å²) in [5, 5.41) is 0. The van der Waals surface area contributed by atoms with Gasteiger partial charge in [-0.05, 0) is 67.9 Å². The van der Waals surface area contributed by atoms with E-state index in [1.807, 2.05) is 31.2 Å². The summed E-state index contributed by atoms with van der Waals surface area (Å²) in [7, 11) is -3.30. The monoisotopic (exact) mass is 479 g/mol. The van der Waals surface area contributed by atoms with E-state index < -0.39 is 9.84 Å². The summed E-state index contributed by atoms with van der Waals surface area (Å²) in [4.78, 5) is 22.7. The highest BCUT2D eigenvalue weighted by atomic mass is 32.2. The van der Waals surface area contributed by atoms with Gasteiger partial charge in [0.15, 0.2) is 9.84 Å². The predicted molar refractivity (Wildman–Crippen MR) is 128 cm³/mol. The molecule has 3 heterocycles. The number of nitrogens with zero attached hydrogens (tertiary/aromatic N) is 2. The highest BCUT2D eigenvalue weighted by molar-refractivity contribution is 7.90. The zero-order valence-electron chi connectivity index (χ0n) is 18.9. The van der Waals surface area contributed by atoms with Gasteiger partial charge in [-0.25, -0.2) is 13.4 Å².